The Hall–Kier alpha value is -2.46. The summed E-state index contributed by atoms with van der Waals surface area (Å²) in [4.78, 5) is 12.1. The highest BCUT2D eigenvalue weighted by atomic mass is 79.9. The lowest BCUT2D eigenvalue weighted by molar-refractivity contribution is 0.0954. The smallest absolute Gasteiger partial charge is 0.267 e. The predicted molar refractivity (Wildman–Crippen MR) is 93.2 cm³/mol. The summed E-state index contributed by atoms with van der Waals surface area (Å²) in [5, 5.41) is 6.31. The third-order valence-electron chi connectivity index (χ3n) is 3.31. The largest absolute Gasteiger partial charge is 0.272 e. The lowest BCUT2D eigenvalue weighted by Gasteiger charge is -2.03. The van der Waals surface area contributed by atoms with Crippen LogP contribution in [0.2, 0.25) is 0 Å². The zero-order chi connectivity index (χ0) is 15.4. The molecule has 0 fully saturated rings. The number of rotatable bonds is 3. The van der Waals surface area contributed by atoms with E-state index in [0.29, 0.717) is 5.56 Å². The lowest BCUT2D eigenvalue weighted by atomic mass is 10.1. The number of nitrogens with one attached hydrogen (secondary N) is 1. The van der Waals surface area contributed by atoms with E-state index < -0.39 is 0 Å². The van der Waals surface area contributed by atoms with E-state index in [2.05, 4.69) is 26.5 Å². The van der Waals surface area contributed by atoms with Crippen molar-refractivity contribution in [3.05, 3.63) is 82.3 Å². The van der Waals surface area contributed by atoms with Gasteiger partial charge in [-0.25, -0.2) is 5.43 Å². The molecule has 108 valence electrons. The van der Waals surface area contributed by atoms with Gasteiger partial charge in [-0.2, -0.15) is 5.10 Å². The topological polar surface area (TPSA) is 41.5 Å². The molecule has 4 heteroatoms. The fraction of sp³-hybridized carbons (Fsp3) is 0. The van der Waals surface area contributed by atoms with Gasteiger partial charge in [-0.1, -0.05) is 54.6 Å². The maximum atomic E-state index is 12.1. The van der Waals surface area contributed by atoms with E-state index in [4.69, 9.17) is 0 Å². The van der Waals surface area contributed by atoms with Crippen LogP contribution >= 0.6 is 15.9 Å². The average molecular weight is 353 g/mol. The summed E-state index contributed by atoms with van der Waals surface area (Å²) in [6.45, 7) is 0. The number of hydrazone groups is 1. The van der Waals surface area contributed by atoms with Gasteiger partial charge in [0, 0.05) is 10.0 Å². The van der Waals surface area contributed by atoms with Gasteiger partial charge >= 0.3 is 0 Å². The normalized spacial score (nSPS) is 11.0. The van der Waals surface area contributed by atoms with Gasteiger partial charge in [0.2, 0.25) is 0 Å². The summed E-state index contributed by atoms with van der Waals surface area (Å²) >= 11 is 3.35. The molecule has 0 aliphatic heterocycles. The first kappa shape index (κ1) is 14.5. The highest BCUT2D eigenvalue weighted by molar-refractivity contribution is 9.10. The minimum absolute atomic E-state index is 0.246. The van der Waals surface area contributed by atoms with Crippen molar-refractivity contribution in [3.8, 4) is 0 Å². The van der Waals surface area contributed by atoms with E-state index >= 15 is 0 Å². The molecule has 0 heterocycles. The standard InChI is InChI=1S/C18H13BrN2O/c19-17-11-4-3-10-16(17)18(22)21-20-12-14-8-5-7-13-6-1-2-9-15(13)14/h1-12H,(H,21,22)/b20-12+. The zero-order valence-corrected chi connectivity index (χ0v) is 13.2. The van der Waals surface area contributed by atoms with Crippen LogP contribution in [0.3, 0.4) is 0 Å². The molecule has 0 atom stereocenters. The Morgan fingerprint density at radius 3 is 2.55 bits per heavy atom. The van der Waals surface area contributed by atoms with E-state index in [1.54, 1.807) is 12.3 Å². The molecule has 0 aliphatic carbocycles. The number of fused-ring (bicyclic) bond motifs is 1. The zero-order valence-electron chi connectivity index (χ0n) is 11.7. The molecule has 0 aliphatic rings. The molecular formula is C18H13BrN2O. The molecule has 3 rings (SSSR count). The summed E-state index contributed by atoms with van der Waals surface area (Å²) < 4.78 is 0.743. The Morgan fingerprint density at radius 2 is 1.68 bits per heavy atom. The number of halogens is 1. The van der Waals surface area contributed by atoms with Crippen LogP contribution in [0.1, 0.15) is 15.9 Å². The van der Waals surface area contributed by atoms with Crippen LogP contribution in [-0.2, 0) is 0 Å². The molecule has 0 spiro atoms. The Balaban J connectivity index is 1.80. The van der Waals surface area contributed by atoms with Crippen molar-refractivity contribution < 1.29 is 4.79 Å². The van der Waals surface area contributed by atoms with Gasteiger partial charge in [0.05, 0.1) is 11.8 Å². The molecule has 3 nitrogen and oxygen atoms in total. The fourth-order valence-corrected chi connectivity index (χ4v) is 2.69. The van der Waals surface area contributed by atoms with Crippen molar-refractivity contribution in [1.82, 2.24) is 5.43 Å². The molecule has 3 aromatic rings. The molecule has 0 aromatic heterocycles. The minimum atomic E-state index is -0.246. The molecule has 1 amide bonds. The Bertz CT molecular complexity index is 853. The minimum Gasteiger partial charge on any atom is -0.267 e. The van der Waals surface area contributed by atoms with Crippen molar-refractivity contribution in [2.75, 3.05) is 0 Å². The van der Waals surface area contributed by atoms with E-state index in [9.17, 15) is 4.79 Å². The predicted octanol–water partition coefficient (Wildman–Crippen LogP) is 4.37. The number of carbonyl (C=O) groups excluding carboxylic acids is 1. The van der Waals surface area contributed by atoms with Crippen molar-refractivity contribution in [2.24, 2.45) is 5.10 Å². The van der Waals surface area contributed by atoms with Gasteiger partial charge < -0.3 is 0 Å². The average Bonchev–Trinajstić information content (AvgIpc) is 2.55. The van der Waals surface area contributed by atoms with Crippen LogP contribution in [0.15, 0.2) is 76.3 Å². The first-order valence-electron chi connectivity index (χ1n) is 6.81. The molecule has 3 aromatic carbocycles. The fourth-order valence-electron chi connectivity index (χ4n) is 2.23. The number of amides is 1. The van der Waals surface area contributed by atoms with Gasteiger partial charge in [-0.3, -0.25) is 4.79 Å². The summed E-state index contributed by atoms with van der Waals surface area (Å²) in [5.74, 6) is -0.246. The van der Waals surface area contributed by atoms with Gasteiger partial charge in [0.1, 0.15) is 0 Å². The van der Waals surface area contributed by atoms with Crippen LogP contribution in [0, 0.1) is 0 Å². The highest BCUT2D eigenvalue weighted by Gasteiger charge is 2.07. The molecule has 22 heavy (non-hydrogen) atoms. The summed E-state index contributed by atoms with van der Waals surface area (Å²) in [6.07, 6.45) is 1.66. The van der Waals surface area contributed by atoms with Crippen LogP contribution in [-0.4, -0.2) is 12.1 Å². The molecule has 0 unspecified atom stereocenters. The molecular weight excluding hydrogens is 340 g/mol. The molecule has 0 bridgehead atoms. The van der Waals surface area contributed by atoms with Crippen LogP contribution in [0.25, 0.3) is 10.8 Å². The van der Waals surface area contributed by atoms with Crippen molar-refractivity contribution in [1.29, 1.82) is 0 Å². The van der Waals surface area contributed by atoms with Gasteiger partial charge in [0.15, 0.2) is 0 Å². The van der Waals surface area contributed by atoms with E-state index in [-0.39, 0.29) is 5.91 Å². The molecule has 0 saturated carbocycles. The second-order valence-corrected chi connectivity index (χ2v) is 5.60. The monoisotopic (exact) mass is 352 g/mol. The van der Waals surface area contributed by atoms with Gasteiger partial charge in [0.25, 0.3) is 5.91 Å². The van der Waals surface area contributed by atoms with Crippen molar-refractivity contribution >= 4 is 38.8 Å². The Morgan fingerprint density at radius 1 is 0.955 bits per heavy atom. The van der Waals surface area contributed by atoms with Gasteiger partial charge in [-0.15, -0.1) is 0 Å². The third-order valence-corrected chi connectivity index (χ3v) is 4.00. The number of hydrogen-bond acceptors (Lipinski definition) is 2. The van der Waals surface area contributed by atoms with Crippen LogP contribution in [0.4, 0.5) is 0 Å². The molecule has 0 saturated heterocycles. The van der Waals surface area contributed by atoms with Crippen LogP contribution < -0.4 is 5.43 Å². The maximum Gasteiger partial charge on any atom is 0.272 e. The summed E-state index contributed by atoms with van der Waals surface area (Å²) in [7, 11) is 0. The van der Waals surface area contributed by atoms with E-state index in [1.165, 1.54) is 0 Å². The second-order valence-electron chi connectivity index (χ2n) is 4.75. The SMILES string of the molecule is O=C(N/N=C/c1cccc2ccccc12)c1ccccc1Br. The third kappa shape index (κ3) is 3.07. The maximum absolute atomic E-state index is 12.1. The first-order valence-corrected chi connectivity index (χ1v) is 7.61. The Kier molecular flexibility index (Phi) is 4.30. The van der Waals surface area contributed by atoms with Gasteiger partial charge in [-0.05, 0) is 38.8 Å². The number of benzene rings is 3. The summed E-state index contributed by atoms with van der Waals surface area (Å²) in [5.41, 5.74) is 4.07. The van der Waals surface area contributed by atoms with E-state index in [0.717, 1.165) is 20.8 Å². The number of carbonyl (C=O) groups is 1. The first-order chi connectivity index (χ1) is 10.8. The molecule has 1 N–H and O–H groups in total. The van der Waals surface area contributed by atoms with Crippen molar-refractivity contribution in [3.63, 3.8) is 0 Å². The summed E-state index contributed by atoms with van der Waals surface area (Å²) in [6, 6.07) is 21.3. The second kappa shape index (κ2) is 6.54. The van der Waals surface area contributed by atoms with E-state index in [1.807, 2.05) is 60.7 Å². The quantitative estimate of drug-likeness (QED) is 0.552. The van der Waals surface area contributed by atoms with Crippen LogP contribution in [0.5, 0.6) is 0 Å². The number of hydrogen-bond donors (Lipinski definition) is 1. The van der Waals surface area contributed by atoms with Crippen molar-refractivity contribution in [2.45, 2.75) is 0 Å². The Labute approximate surface area is 136 Å². The highest BCUT2D eigenvalue weighted by Crippen LogP contribution is 2.17. The number of nitrogens with zero attached hydrogens (tertiary/aromatic N) is 1. The molecule has 0 radical (unpaired) electrons. The lowest BCUT2D eigenvalue weighted by Crippen LogP contribution is -2.18.